The molecular formula is C19H18Cl2N4O2. The zero-order valence-corrected chi connectivity index (χ0v) is 15.8. The number of rotatable bonds is 6. The van der Waals surface area contributed by atoms with Crippen LogP contribution >= 0.6 is 23.2 Å². The second-order valence-electron chi connectivity index (χ2n) is 5.88. The Balaban J connectivity index is 1.81. The SMILES string of the molecule is Nc1cc(-c2ccc(Cl)c(Cl)c2)nn1-c1ccc(C(=O)NCCCO)cc1. The molecule has 2 aromatic carbocycles. The van der Waals surface area contributed by atoms with E-state index in [1.54, 1.807) is 47.1 Å². The Morgan fingerprint density at radius 2 is 1.85 bits per heavy atom. The molecule has 0 bridgehead atoms. The van der Waals surface area contributed by atoms with Gasteiger partial charge in [-0.1, -0.05) is 29.3 Å². The molecule has 0 saturated carbocycles. The maximum absolute atomic E-state index is 12.0. The number of nitrogens with two attached hydrogens (primary N) is 1. The van der Waals surface area contributed by atoms with Crippen LogP contribution in [0.2, 0.25) is 10.0 Å². The summed E-state index contributed by atoms with van der Waals surface area (Å²) in [4.78, 5) is 12.0. The maximum atomic E-state index is 12.0. The second-order valence-corrected chi connectivity index (χ2v) is 6.69. The van der Waals surface area contributed by atoms with Crippen molar-refractivity contribution < 1.29 is 9.90 Å². The van der Waals surface area contributed by atoms with Gasteiger partial charge in [0.15, 0.2) is 0 Å². The summed E-state index contributed by atoms with van der Waals surface area (Å²) < 4.78 is 1.59. The van der Waals surface area contributed by atoms with Crippen LogP contribution in [-0.4, -0.2) is 33.9 Å². The molecule has 0 atom stereocenters. The highest BCUT2D eigenvalue weighted by Gasteiger charge is 2.11. The monoisotopic (exact) mass is 404 g/mol. The van der Waals surface area contributed by atoms with Crippen LogP contribution in [0, 0.1) is 0 Å². The molecule has 3 rings (SSSR count). The lowest BCUT2D eigenvalue weighted by Crippen LogP contribution is -2.24. The van der Waals surface area contributed by atoms with Gasteiger partial charge in [-0.2, -0.15) is 5.10 Å². The Bertz CT molecular complexity index is 955. The first-order valence-corrected chi connectivity index (χ1v) is 9.05. The molecule has 27 heavy (non-hydrogen) atoms. The highest BCUT2D eigenvalue weighted by atomic mass is 35.5. The van der Waals surface area contributed by atoms with Crippen LogP contribution in [0.3, 0.4) is 0 Å². The summed E-state index contributed by atoms with van der Waals surface area (Å²) in [5.74, 6) is 0.260. The third kappa shape index (κ3) is 4.42. The van der Waals surface area contributed by atoms with Crippen molar-refractivity contribution in [3.05, 3.63) is 64.1 Å². The van der Waals surface area contributed by atoms with Gasteiger partial charge in [0, 0.05) is 30.3 Å². The molecule has 1 amide bonds. The molecule has 0 fully saturated rings. The van der Waals surface area contributed by atoms with Crippen LogP contribution in [0.25, 0.3) is 16.9 Å². The standard InChI is InChI=1S/C19H18Cl2N4O2/c20-15-7-4-13(10-16(15)21)17-11-18(22)25(24-17)14-5-2-12(3-6-14)19(27)23-8-1-9-26/h2-7,10-11,26H,1,8-9,22H2,(H,23,27). The summed E-state index contributed by atoms with van der Waals surface area (Å²) in [7, 11) is 0. The maximum Gasteiger partial charge on any atom is 0.251 e. The number of anilines is 1. The summed E-state index contributed by atoms with van der Waals surface area (Å²) in [6.07, 6.45) is 0.519. The number of aromatic nitrogens is 2. The molecule has 1 aromatic heterocycles. The van der Waals surface area contributed by atoms with Gasteiger partial charge in [-0.25, -0.2) is 4.68 Å². The summed E-state index contributed by atoms with van der Waals surface area (Å²) in [6, 6.07) is 13.9. The lowest BCUT2D eigenvalue weighted by molar-refractivity contribution is 0.0951. The molecule has 0 aliphatic carbocycles. The molecule has 0 saturated heterocycles. The summed E-state index contributed by atoms with van der Waals surface area (Å²) in [5, 5.41) is 16.9. The van der Waals surface area contributed by atoms with E-state index in [-0.39, 0.29) is 12.5 Å². The predicted molar refractivity (Wildman–Crippen MR) is 107 cm³/mol. The van der Waals surface area contributed by atoms with Crippen molar-refractivity contribution in [1.82, 2.24) is 15.1 Å². The van der Waals surface area contributed by atoms with Gasteiger partial charge in [0.1, 0.15) is 5.82 Å². The van der Waals surface area contributed by atoms with E-state index in [9.17, 15) is 4.79 Å². The highest BCUT2D eigenvalue weighted by Crippen LogP contribution is 2.29. The zero-order valence-electron chi connectivity index (χ0n) is 14.3. The largest absolute Gasteiger partial charge is 0.396 e. The fourth-order valence-corrected chi connectivity index (χ4v) is 2.83. The van der Waals surface area contributed by atoms with E-state index < -0.39 is 0 Å². The topological polar surface area (TPSA) is 93.2 Å². The molecule has 8 heteroatoms. The van der Waals surface area contributed by atoms with Gasteiger partial charge in [0.25, 0.3) is 5.91 Å². The van der Waals surface area contributed by atoms with E-state index in [1.807, 2.05) is 6.07 Å². The number of carbonyl (C=O) groups excluding carboxylic acids is 1. The van der Waals surface area contributed by atoms with Gasteiger partial charge < -0.3 is 16.2 Å². The normalized spacial score (nSPS) is 10.8. The number of nitrogens with one attached hydrogen (secondary N) is 1. The minimum atomic E-state index is -0.195. The van der Waals surface area contributed by atoms with Crippen LogP contribution in [0.4, 0.5) is 5.82 Å². The van der Waals surface area contributed by atoms with Gasteiger partial charge in [-0.3, -0.25) is 4.79 Å². The molecule has 0 spiro atoms. The first kappa shape index (κ1) is 19.2. The fraction of sp³-hybridized carbons (Fsp3) is 0.158. The number of hydrogen-bond acceptors (Lipinski definition) is 4. The molecule has 6 nitrogen and oxygen atoms in total. The van der Waals surface area contributed by atoms with Crippen molar-refractivity contribution in [3.63, 3.8) is 0 Å². The lowest BCUT2D eigenvalue weighted by atomic mass is 10.1. The molecular weight excluding hydrogens is 387 g/mol. The number of halogens is 2. The highest BCUT2D eigenvalue weighted by molar-refractivity contribution is 6.42. The van der Waals surface area contributed by atoms with Crippen molar-refractivity contribution in [2.45, 2.75) is 6.42 Å². The lowest BCUT2D eigenvalue weighted by Gasteiger charge is -2.07. The van der Waals surface area contributed by atoms with Crippen LogP contribution < -0.4 is 11.1 Å². The Morgan fingerprint density at radius 1 is 1.11 bits per heavy atom. The summed E-state index contributed by atoms with van der Waals surface area (Å²) in [5.41, 5.74) is 8.81. The average Bonchev–Trinajstić information content (AvgIpc) is 3.06. The van der Waals surface area contributed by atoms with E-state index in [0.29, 0.717) is 40.1 Å². The number of aliphatic hydroxyl groups excluding tert-OH is 1. The summed E-state index contributed by atoms with van der Waals surface area (Å²) >= 11 is 12.0. The quantitative estimate of drug-likeness (QED) is 0.547. The first-order chi connectivity index (χ1) is 13.0. The zero-order chi connectivity index (χ0) is 19.4. The minimum Gasteiger partial charge on any atom is -0.396 e. The molecule has 0 radical (unpaired) electrons. The number of carbonyl (C=O) groups is 1. The molecule has 140 valence electrons. The number of nitrogens with zero attached hydrogens (tertiary/aromatic N) is 2. The van der Waals surface area contributed by atoms with Crippen molar-refractivity contribution in [1.29, 1.82) is 0 Å². The molecule has 0 aliphatic rings. The van der Waals surface area contributed by atoms with Crippen LogP contribution in [0.5, 0.6) is 0 Å². The number of hydrogen-bond donors (Lipinski definition) is 3. The smallest absolute Gasteiger partial charge is 0.251 e. The number of benzene rings is 2. The third-order valence-corrected chi connectivity index (χ3v) is 4.69. The Morgan fingerprint density at radius 3 is 2.52 bits per heavy atom. The van der Waals surface area contributed by atoms with Crippen molar-refractivity contribution in [2.24, 2.45) is 0 Å². The molecule has 0 aliphatic heterocycles. The van der Waals surface area contributed by atoms with Crippen LogP contribution in [0.1, 0.15) is 16.8 Å². The number of nitrogen functional groups attached to an aromatic ring is 1. The third-order valence-electron chi connectivity index (χ3n) is 3.95. The van der Waals surface area contributed by atoms with Crippen molar-refractivity contribution >= 4 is 34.9 Å². The number of aliphatic hydroxyl groups is 1. The van der Waals surface area contributed by atoms with E-state index in [1.165, 1.54) is 0 Å². The predicted octanol–water partition coefficient (Wildman–Crippen LogP) is 3.54. The minimum absolute atomic E-state index is 0.0406. The Kier molecular flexibility index (Phi) is 6.01. The van der Waals surface area contributed by atoms with Crippen molar-refractivity contribution in [2.75, 3.05) is 18.9 Å². The summed E-state index contributed by atoms with van der Waals surface area (Å²) in [6.45, 7) is 0.467. The fourth-order valence-electron chi connectivity index (χ4n) is 2.54. The number of amides is 1. The van der Waals surface area contributed by atoms with E-state index >= 15 is 0 Å². The van der Waals surface area contributed by atoms with E-state index in [0.717, 1.165) is 11.3 Å². The average molecular weight is 405 g/mol. The molecule has 0 unspecified atom stereocenters. The van der Waals surface area contributed by atoms with Gasteiger partial charge >= 0.3 is 0 Å². The van der Waals surface area contributed by atoms with Gasteiger partial charge in [0.05, 0.1) is 21.4 Å². The molecule has 4 N–H and O–H groups in total. The van der Waals surface area contributed by atoms with Gasteiger partial charge in [0.2, 0.25) is 0 Å². The van der Waals surface area contributed by atoms with E-state index in [2.05, 4.69) is 10.4 Å². The second kappa shape index (κ2) is 8.43. The Hall–Kier alpha value is -2.54. The molecule has 1 heterocycles. The van der Waals surface area contributed by atoms with Crippen LogP contribution in [-0.2, 0) is 0 Å². The van der Waals surface area contributed by atoms with E-state index in [4.69, 9.17) is 34.0 Å². The first-order valence-electron chi connectivity index (χ1n) is 8.30. The van der Waals surface area contributed by atoms with Gasteiger partial charge in [-0.05, 0) is 42.8 Å². The van der Waals surface area contributed by atoms with Crippen LogP contribution in [0.15, 0.2) is 48.5 Å². The molecule has 3 aromatic rings. The van der Waals surface area contributed by atoms with Crippen molar-refractivity contribution in [3.8, 4) is 16.9 Å². The van der Waals surface area contributed by atoms with Gasteiger partial charge in [-0.15, -0.1) is 0 Å². The Labute approximate surface area is 166 Å².